The Balaban J connectivity index is 1.73. The molecule has 2 N–H and O–H groups in total. The van der Waals surface area contributed by atoms with Crippen LogP contribution in [0.4, 0.5) is 17.5 Å². The Kier molecular flexibility index (Phi) is 3.03. The number of anilines is 3. The average Bonchev–Trinajstić information content (AvgIpc) is 2.89. The first-order valence-electron chi connectivity index (χ1n) is 7.21. The molecule has 1 aliphatic heterocycles. The number of nitrogens with one attached hydrogen (secondary N) is 2. The Bertz CT molecular complexity index is 811. The number of hydrogen-bond donors (Lipinski definition) is 2. The van der Waals surface area contributed by atoms with E-state index < -0.39 is 0 Å². The van der Waals surface area contributed by atoms with Crippen molar-refractivity contribution in [2.45, 2.75) is 6.42 Å². The van der Waals surface area contributed by atoms with Gasteiger partial charge in [0.25, 0.3) is 0 Å². The summed E-state index contributed by atoms with van der Waals surface area (Å²) in [4.78, 5) is 10.8. The molecule has 1 aliphatic rings. The van der Waals surface area contributed by atoms with E-state index in [4.69, 9.17) is 4.74 Å². The van der Waals surface area contributed by atoms with Crippen LogP contribution in [0, 0.1) is 0 Å². The van der Waals surface area contributed by atoms with Gasteiger partial charge in [0.2, 0.25) is 5.75 Å². The number of para-hydroxylation sites is 1. The lowest BCUT2D eigenvalue weighted by molar-refractivity contribution is 0.409. The first-order chi connectivity index (χ1) is 10.9. The van der Waals surface area contributed by atoms with E-state index in [-0.39, 0.29) is 0 Å². The van der Waals surface area contributed by atoms with Crippen LogP contribution < -0.4 is 15.0 Å². The predicted molar refractivity (Wildman–Crippen MR) is 84.8 cm³/mol. The Morgan fingerprint density at radius 2 is 2.05 bits per heavy atom. The first-order valence-corrected chi connectivity index (χ1v) is 7.21. The van der Waals surface area contributed by atoms with Gasteiger partial charge in [-0.3, -0.25) is 5.10 Å². The summed E-state index contributed by atoms with van der Waals surface area (Å²) in [5.41, 5.74) is 0.973. The maximum atomic E-state index is 5.53. The second-order valence-electron chi connectivity index (χ2n) is 5.16. The van der Waals surface area contributed by atoms with Crippen molar-refractivity contribution in [2.24, 2.45) is 0 Å². The van der Waals surface area contributed by atoms with Gasteiger partial charge < -0.3 is 15.0 Å². The lowest BCUT2D eigenvalue weighted by Gasteiger charge is -2.33. The number of rotatable bonds is 4. The topological polar surface area (TPSA) is 79.0 Å². The van der Waals surface area contributed by atoms with Crippen LogP contribution in [0.5, 0.6) is 5.75 Å². The Labute approximate surface area is 127 Å². The summed E-state index contributed by atoms with van der Waals surface area (Å²) in [6.45, 7) is 2.00. The van der Waals surface area contributed by atoms with Crippen LogP contribution in [-0.2, 0) is 0 Å². The highest BCUT2D eigenvalue weighted by molar-refractivity contribution is 5.91. The van der Waals surface area contributed by atoms with E-state index in [9.17, 15) is 0 Å². The molecule has 0 amide bonds. The molecule has 1 fully saturated rings. The van der Waals surface area contributed by atoms with Gasteiger partial charge in [0.05, 0.1) is 12.6 Å². The molecule has 3 aromatic rings. The van der Waals surface area contributed by atoms with E-state index in [0.717, 1.165) is 35.6 Å². The molecule has 1 aromatic carbocycles. The summed E-state index contributed by atoms with van der Waals surface area (Å²) >= 11 is 0. The van der Waals surface area contributed by atoms with Gasteiger partial charge in [0, 0.05) is 18.5 Å². The monoisotopic (exact) mass is 296 g/mol. The molecule has 22 heavy (non-hydrogen) atoms. The molecule has 1 saturated heterocycles. The van der Waals surface area contributed by atoms with Crippen LogP contribution >= 0.6 is 0 Å². The van der Waals surface area contributed by atoms with Crippen molar-refractivity contribution in [3.05, 3.63) is 30.6 Å². The van der Waals surface area contributed by atoms with Crippen molar-refractivity contribution >= 4 is 28.4 Å². The second-order valence-corrected chi connectivity index (χ2v) is 5.16. The summed E-state index contributed by atoms with van der Waals surface area (Å²) in [6, 6.07) is 7.94. The zero-order valence-corrected chi connectivity index (χ0v) is 12.2. The molecule has 2 aromatic heterocycles. The smallest absolute Gasteiger partial charge is 0.204 e. The molecule has 0 bridgehead atoms. The maximum Gasteiger partial charge on any atom is 0.204 e. The highest BCUT2D eigenvalue weighted by Crippen LogP contribution is 2.36. The van der Waals surface area contributed by atoms with Crippen molar-refractivity contribution < 1.29 is 4.74 Å². The van der Waals surface area contributed by atoms with Gasteiger partial charge in [0.15, 0.2) is 17.5 Å². The second kappa shape index (κ2) is 5.18. The van der Waals surface area contributed by atoms with E-state index in [2.05, 4.69) is 30.4 Å². The van der Waals surface area contributed by atoms with E-state index >= 15 is 0 Å². The number of nitrogens with zero attached hydrogens (tertiary/aromatic N) is 4. The van der Waals surface area contributed by atoms with Crippen molar-refractivity contribution in [3.63, 3.8) is 0 Å². The van der Waals surface area contributed by atoms with Crippen LogP contribution in [-0.4, -0.2) is 40.4 Å². The summed E-state index contributed by atoms with van der Waals surface area (Å²) in [5, 5.41) is 11.6. The maximum absolute atomic E-state index is 5.53. The van der Waals surface area contributed by atoms with Crippen molar-refractivity contribution in [1.82, 2.24) is 20.2 Å². The molecule has 0 unspecified atom stereocenters. The molecular weight excluding hydrogens is 280 g/mol. The molecule has 0 saturated carbocycles. The third-order valence-electron chi connectivity index (χ3n) is 3.85. The number of aromatic amines is 1. The summed E-state index contributed by atoms with van der Waals surface area (Å²) in [7, 11) is 1.63. The SMILES string of the molecule is COc1c(Nc2n[nH]c3ccccc23)ncnc1N1CCC1. The predicted octanol–water partition coefficient (Wildman–Crippen LogP) is 2.32. The Morgan fingerprint density at radius 1 is 1.18 bits per heavy atom. The summed E-state index contributed by atoms with van der Waals surface area (Å²) in [6.07, 6.45) is 2.73. The molecular formula is C15H16N6O. The zero-order valence-electron chi connectivity index (χ0n) is 12.2. The van der Waals surface area contributed by atoms with Crippen LogP contribution in [0.25, 0.3) is 10.9 Å². The third kappa shape index (κ3) is 2.02. The summed E-state index contributed by atoms with van der Waals surface area (Å²) in [5.74, 6) is 2.82. The van der Waals surface area contributed by atoms with Gasteiger partial charge in [-0.1, -0.05) is 12.1 Å². The molecule has 7 nitrogen and oxygen atoms in total. The van der Waals surface area contributed by atoms with Gasteiger partial charge in [0.1, 0.15) is 6.33 Å². The van der Waals surface area contributed by atoms with E-state index in [1.54, 1.807) is 13.4 Å². The van der Waals surface area contributed by atoms with Gasteiger partial charge >= 0.3 is 0 Å². The highest BCUT2D eigenvalue weighted by atomic mass is 16.5. The molecule has 0 radical (unpaired) electrons. The van der Waals surface area contributed by atoms with Crippen LogP contribution in [0.15, 0.2) is 30.6 Å². The molecule has 0 spiro atoms. The number of fused-ring (bicyclic) bond motifs is 1. The minimum Gasteiger partial charge on any atom is -0.490 e. The largest absolute Gasteiger partial charge is 0.490 e. The molecule has 7 heteroatoms. The fraction of sp³-hybridized carbons (Fsp3) is 0.267. The number of hydrogen-bond acceptors (Lipinski definition) is 6. The average molecular weight is 296 g/mol. The number of ether oxygens (including phenoxy) is 1. The van der Waals surface area contributed by atoms with E-state index in [1.165, 1.54) is 6.42 Å². The highest BCUT2D eigenvalue weighted by Gasteiger charge is 2.23. The Morgan fingerprint density at radius 3 is 2.82 bits per heavy atom. The van der Waals surface area contributed by atoms with Crippen molar-refractivity contribution in [1.29, 1.82) is 0 Å². The van der Waals surface area contributed by atoms with Gasteiger partial charge in [-0.2, -0.15) is 5.10 Å². The minimum atomic E-state index is 0.622. The molecule has 0 aliphatic carbocycles. The van der Waals surface area contributed by atoms with Gasteiger partial charge in [-0.25, -0.2) is 9.97 Å². The van der Waals surface area contributed by atoms with Crippen LogP contribution in [0.2, 0.25) is 0 Å². The quantitative estimate of drug-likeness (QED) is 0.769. The van der Waals surface area contributed by atoms with E-state index in [0.29, 0.717) is 11.6 Å². The van der Waals surface area contributed by atoms with Crippen molar-refractivity contribution in [2.75, 3.05) is 30.4 Å². The van der Waals surface area contributed by atoms with Crippen molar-refractivity contribution in [3.8, 4) is 5.75 Å². The number of H-pyrrole nitrogens is 1. The minimum absolute atomic E-state index is 0.622. The van der Waals surface area contributed by atoms with Crippen LogP contribution in [0.3, 0.4) is 0 Å². The Hall–Kier alpha value is -2.83. The zero-order chi connectivity index (χ0) is 14.9. The number of aromatic nitrogens is 4. The lowest BCUT2D eigenvalue weighted by Crippen LogP contribution is -2.38. The first kappa shape index (κ1) is 12.9. The third-order valence-corrected chi connectivity index (χ3v) is 3.85. The number of benzene rings is 1. The molecule has 112 valence electrons. The normalized spacial score (nSPS) is 14.0. The fourth-order valence-corrected chi connectivity index (χ4v) is 2.57. The van der Waals surface area contributed by atoms with Gasteiger partial charge in [-0.15, -0.1) is 0 Å². The van der Waals surface area contributed by atoms with E-state index in [1.807, 2.05) is 24.3 Å². The standard InChI is InChI=1S/C15H16N6O/c1-22-12-14(16-9-17-15(12)21-7-4-8-21)18-13-10-5-2-3-6-11(10)19-20-13/h2-3,5-6,9H,4,7-8H2,1H3,(H2,16,17,18,19,20). The fourth-order valence-electron chi connectivity index (χ4n) is 2.57. The lowest BCUT2D eigenvalue weighted by atomic mass is 10.2. The summed E-state index contributed by atoms with van der Waals surface area (Å²) < 4.78 is 5.53. The molecule has 4 rings (SSSR count). The molecule has 3 heterocycles. The molecule has 0 atom stereocenters. The van der Waals surface area contributed by atoms with Gasteiger partial charge in [-0.05, 0) is 18.6 Å². The number of methoxy groups -OCH3 is 1. The van der Waals surface area contributed by atoms with Crippen LogP contribution in [0.1, 0.15) is 6.42 Å².